The van der Waals surface area contributed by atoms with Crippen molar-refractivity contribution in [3.8, 4) is 0 Å². The smallest absolute Gasteiger partial charge is 0.229 e. The maximum Gasteiger partial charge on any atom is 0.229 e. The van der Waals surface area contributed by atoms with Crippen LogP contribution < -0.4 is 4.90 Å². The first-order valence-corrected chi connectivity index (χ1v) is 12.0. The topological polar surface area (TPSA) is 51.0 Å². The summed E-state index contributed by atoms with van der Waals surface area (Å²) in [5.74, 6) is 0.366. The van der Waals surface area contributed by atoms with Crippen molar-refractivity contribution < 1.29 is 9.18 Å². The van der Waals surface area contributed by atoms with E-state index in [2.05, 4.69) is 9.97 Å². The van der Waals surface area contributed by atoms with E-state index in [0.717, 1.165) is 28.1 Å². The third kappa shape index (κ3) is 5.84. The molecule has 0 N–H and O–H groups in total. The highest BCUT2D eigenvalue weighted by molar-refractivity contribution is 7.99. The summed E-state index contributed by atoms with van der Waals surface area (Å²) >= 11 is 9.12. The van der Waals surface area contributed by atoms with Crippen molar-refractivity contribution in [2.45, 2.75) is 24.3 Å². The molecule has 0 aliphatic carbocycles. The Morgan fingerprint density at radius 2 is 2.06 bits per heavy atom. The molecule has 4 rings (SSSR count). The molecule has 0 radical (unpaired) electrons. The minimum absolute atomic E-state index is 0.0189. The summed E-state index contributed by atoms with van der Waals surface area (Å²) in [4.78, 5) is 24.5. The van der Waals surface area contributed by atoms with E-state index in [1.165, 1.54) is 35.2 Å². The maximum atomic E-state index is 13.1. The van der Waals surface area contributed by atoms with Crippen LogP contribution in [0.4, 0.5) is 9.52 Å². The number of rotatable bonds is 9. The number of hydrogen-bond donors (Lipinski definition) is 0. The summed E-state index contributed by atoms with van der Waals surface area (Å²) in [5, 5.41) is 1.33. The quantitative estimate of drug-likeness (QED) is 0.284. The van der Waals surface area contributed by atoms with Gasteiger partial charge in [-0.1, -0.05) is 22.9 Å². The van der Waals surface area contributed by atoms with Crippen LogP contribution in [0.2, 0.25) is 5.02 Å². The number of thiazole rings is 1. The summed E-state index contributed by atoms with van der Waals surface area (Å²) in [6.07, 6.45) is 6.57. The van der Waals surface area contributed by atoms with Crippen LogP contribution in [0.5, 0.6) is 0 Å². The number of halogens is 2. The number of imidazole rings is 1. The number of aryl methyl sites for hydroxylation is 1. The largest absolute Gasteiger partial charge is 0.337 e. The number of nitrogens with zero attached hydrogens (tertiary/aromatic N) is 4. The van der Waals surface area contributed by atoms with Gasteiger partial charge in [0.15, 0.2) is 5.13 Å². The number of benzene rings is 2. The van der Waals surface area contributed by atoms with E-state index < -0.39 is 0 Å². The minimum Gasteiger partial charge on any atom is -0.337 e. The Bertz CT molecular complexity index is 1150. The standard InChI is InChI=1S/C22H20ClFN4OS2/c23-16-2-7-19-20(14-16)31-22(26-19)28(11-1-10-27-12-9-25-15-27)21(29)8-13-30-18-5-3-17(24)4-6-18/h2-7,9,12,14-15H,1,8,10-11,13H2. The summed E-state index contributed by atoms with van der Waals surface area (Å²) < 4.78 is 16.0. The summed E-state index contributed by atoms with van der Waals surface area (Å²) in [7, 11) is 0. The van der Waals surface area contributed by atoms with E-state index in [0.29, 0.717) is 28.9 Å². The van der Waals surface area contributed by atoms with Crippen LogP contribution in [0.1, 0.15) is 12.8 Å². The van der Waals surface area contributed by atoms with E-state index >= 15 is 0 Å². The molecular formula is C22H20ClFN4OS2. The first kappa shape index (κ1) is 21.8. The molecule has 5 nitrogen and oxygen atoms in total. The normalized spacial score (nSPS) is 11.2. The number of anilines is 1. The van der Waals surface area contributed by atoms with E-state index in [9.17, 15) is 9.18 Å². The molecule has 0 aliphatic rings. The lowest BCUT2D eigenvalue weighted by molar-refractivity contribution is -0.118. The summed E-state index contributed by atoms with van der Waals surface area (Å²) in [5.41, 5.74) is 0.831. The highest BCUT2D eigenvalue weighted by Gasteiger charge is 2.19. The fourth-order valence-corrected chi connectivity index (χ4v) is 5.21. The lowest BCUT2D eigenvalue weighted by atomic mass is 10.3. The minimum atomic E-state index is -0.263. The van der Waals surface area contributed by atoms with Crippen LogP contribution in [0, 0.1) is 5.82 Å². The van der Waals surface area contributed by atoms with E-state index in [-0.39, 0.29) is 11.7 Å². The monoisotopic (exact) mass is 474 g/mol. The SMILES string of the molecule is O=C(CCSc1ccc(F)cc1)N(CCCn1ccnc1)c1nc2ccc(Cl)cc2s1. The van der Waals surface area contributed by atoms with Gasteiger partial charge in [-0.15, -0.1) is 11.8 Å². The Balaban J connectivity index is 1.44. The van der Waals surface area contributed by atoms with Gasteiger partial charge in [0.2, 0.25) is 5.91 Å². The van der Waals surface area contributed by atoms with Crippen molar-refractivity contribution >= 4 is 56.0 Å². The Morgan fingerprint density at radius 3 is 2.84 bits per heavy atom. The molecule has 2 aromatic carbocycles. The van der Waals surface area contributed by atoms with Gasteiger partial charge in [-0.2, -0.15) is 0 Å². The van der Waals surface area contributed by atoms with Gasteiger partial charge in [0.05, 0.1) is 16.5 Å². The van der Waals surface area contributed by atoms with Crippen molar-refractivity contribution in [3.63, 3.8) is 0 Å². The Hall–Kier alpha value is -2.42. The lowest BCUT2D eigenvalue weighted by Crippen LogP contribution is -2.32. The molecule has 0 unspecified atom stereocenters. The van der Waals surface area contributed by atoms with Gasteiger partial charge < -0.3 is 4.57 Å². The van der Waals surface area contributed by atoms with Gasteiger partial charge in [0.1, 0.15) is 5.82 Å². The molecule has 0 fully saturated rings. The molecule has 160 valence electrons. The average molecular weight is 475 g/mol. The first-order valence-electron chi connectivity index (χ1n) is 9.79. The predicted octanol–water partition coefficient (Wildman–Crippen LogP) is 5.89. The molecule has 4 aromatic rings. The van der Waals surface area contributed by atoms with Gasteiger partial charge in [-0.3, -0.25) is 9.69 Å². The van der Waals surface area contributed by atoms with Gasteiger partial charge >= 0.3 is 0 Å². The fourth-order valence-electron chi connectivity index (χ4n) is 3.08. The second-order valence-electron chi connectivity index (χ2n) is 6.86. The van der Waals surface area contributed by atoms with E-state index in [1.807, 2.05) is 22.9 Å². The van der Waals surface area contributed by atoms with Crippen LogP contribution >= 0.6 is 34.7 Å². The summed E-state index contributed by atoms with van der Waals surface area (Å²) in [6, 6.07) is 11.9. The number of amides is 1. The average Bonchev–Trinajstić information content (AvgIpc) is 3.42. The van der Waals surface area contributed by atoms with Crippen molar-refractivity contribution in [2.24, 2.45) is 0 Å². The molecule has 1 amide bonds. The van der Waals surface area contributed by atoms with Gasteiger partial charge in [0, 0.05) is 47.6 Å². The van der Waals surface area contributed by atoms with Crippen LogP contribution in [-0.2, 0) is 11.3 Å². The molecule has 31 heavy (non-hydrogen) atoms. The molecule has 2 aromatic heterocycles. The zero-order valence-electron chi connectivity index (χ0n) is 16.6. The highest BCUT2D eigenvalue weighted by Crippen LogP contribution is 2.31. The van der Waals surface area contributed by atoms with Crippen LogP contribution in [0.3, 0.4) is 0 Å². The number of aromatic nitrogens is 3. The van der Waals surface area contributed by atoms with Crippen molar-refractivity contribution in [1.82, 2.24) is 14.5 Å². The van der Waals surface area contributed by atoms with Gasteiger partial charge in [-0.05, 0) is 48.9 Å². The number of carbonyl (C=O) groups excluding carboxylic acids is 1. The fraction of sp³-hybridized carbons (Fsp3) is 0.227. The first-order chi connectivity index (χ1) is 15.1. The number of thioether (sulfide) groups is 1. The lowest BCUT2D eigenvalue weighted by Gasteiger charge is -2.20. The molecular weight excluding hydrogens is 455 g/mol. The third-order valence-electron chi connectivity index (χ3n) is 4.63. The number of carbonyl (C=O) groups is 1. The third-order valence-corrected chi connectivity index (χ3v) is 6.92. The molecule has 0 atom stereocenters. The molecule has 2 heterocycles. The molecule has 0 saturated heterocycles. The Labute approximate surface area is 192 Å². The zero-order chi connectivity index (χ0) is 21.6. The van der Waals surface area contributed by atoms with Crippen molar-refractivity contribution in [1.29, 1.82) is 0 Å². The molecule has 0 saturated carbocycles. The highest BCUT2D eigenvalue weighted by atomic mass is 35.5. The van der Waals surface area contributed by atoms with Crippen LogP contribution in [0.15, 0.2) is 66.1 Å². The number of hydrogen-bond acceptors (Lipinski definition) is 5. The Kier molecular flexibility index (Phi) is 7.21. The van der Waals surface area contributed by atoms with Gasteiger partial charge in [0.25, 0.3) is 0 Å². The second kappa shape index (κ2) is 10.3. The molecule has 0 bridgehead atoms. The van der Waals surface area contributed by atoms with Crippen LogP contribution in [-0.4, -0.2) is 32.7 Å². The molecule has 0 spiro atoms. The van der Waals surface area contributed by atoms with Crippen molar-refractivity contribution in [2.75, 3.05) is 17.2 Å². The van der Waals surface area contributed by atoms with E-state index in [1.54, 1.807) is 35.6 Å². The number of fused-ring (bicyclic) bond motifs is 1. The summed E-state index contributed by atoms with van der Waals surface area (Å²) in [6.45, 7) is 1.33. The van der Waals surface area contributed by atoms with Gasteiger partial charge in [-0.25, -0.2) is 14.4 Å². The maximum absolute atomic E-state index is 13.1. The molecule has 9 heteroatoms. The van der Waals surface area contributed by atoms with Crippen molar-refractivity contribution in [3.05, 3.63) is 72.0 Å². The zero-order valence-corrected chi connectivity index (χ0v) is 19.0. The Morgan fingerprint density at radius 1 is 1.23 bits per heavy atom. The predicted molar refractivity (Wildman–Crippen MR) is 126 cm³/mol. The second-order valence-corrected chi connectivity index (χ2v) is 9.47. The molecule has 0 aliphatic heterocycles. The van der Waals surface area contributed by atoms with Crippen LogP contribution in [0.25, 0.3) is 10.2 Å². The van der Waals surface area contributed by atoms with E-state index in [4.69, 9.17) is 11.6 Å².